The monoisotopic (exact) mass is 590 g/mol. The van der Waals surface area contributed by atoms with Crippen LogP contribution in [-0.2, 0) is 16.2 Å². The van der Waals surface area contributed by atoms with Gasteiger partial charge in [0, 0.05) is 12.3 Å². The molecule has 1 aliphatic carbocycles. The van der Waals surface area contributed by atoms with Crippen LogP contribution in [0.25, 0.3) is 16.8 Å². The van der Waals surface area contributed by atoms with Crippen LogP contribution in [0.4, 0.5) is 0 Å². The first-order valence-corrected chi connectivity index (χ1v) is 15.5. The van der Waals surface area contributed by atoms with Crippen molar-refractivity contribution in [1.29, 1.82) is 0 Å². The molecule has 1 aliphatic rings. The molecule has 0 spiro atoms. The van der Waals surface area contributed by atoms with Gasteiger partial charge in [-0.2, -0.15) is 0 Å². The van der Waals surface area contributed by atoms with E-state index in [1.54, 1.807) is 10.9 Å². The maximum atomic E-state index is 6.55. The number of hydrogen-bond donors (Lipinski definition) is 0. The fraction of sp³-hybridized carbons (Fsp3) is 0.225. The number of nitrogens with zero attached hydrogens (tertiary/aromatic N) is 4. The van der Waals surface area contributed by atoms with E-state index in [-0.39, 0.29) is 10.8 Å². The Kier molecular flexibility index (Phi) is 6.74. The van der Waals surface area contributed by atoms with E-state index in [1.807, 2.05) is 48.8 Å². The summed E-state index contributed by atoms with van der Waals surface area (Å²) in [6, 6.07) is 36.7. The first-order chi connectivity index (χ1) is 21.5. The van der Waals surface area contributed by atoms with Gasteiger partial charge in [-0.05, 0) is 86.2 Å². The average Bonchev–Trinajstić information content (AvgIpc) is 3.66. The van der Waals surface area contributed by atoms with Crippen LogP contribution >= 0.6 is 0 Å². The Hall–Kier alpha value is -5.03. The lowest BCUT2D eigenvalue weighted by Crippen LogP contribution is -2.30. The normalized spacial score (nSPS) is 13.7. The second kappa shape index (κ2) is 10.6. The summed E-state index contributed by atoms with van der Waals surface area (Å²) in [6.45, 7) is 13.7. The van der Waals surface area contributed by atoms with Gasteiger partial charge in [-0.25, -0.2) is 4.68 Å². The summed E-state index contributed by atoms with van der Waals surface area (Å²) < 4.78 is 8.28. The highest BCUT2D eigenvalue weighted by Crippen LogP contribution is 2.57. The largest absolute Gasteiger partial charge is 0.457 e. The fourth-order valence-electron chi connectivity index (χ4n) is 6.54. The molecule has 0 saturated carbocycles. The maximum absolute atomic E-state index is 6.55. The fourth-order valence-corrected chi connectivity index (χ4v) is 6.54. The van der Waals surface area contributed by atoms with Crippen LogP contribution in [0.15, 0.2) is 122 Å². The highest BCUT2D eigenvalue weighted by molar-refractivity contribution is 5.86. The Balaban J connectivity index is 1.47. The molecule has 6 aromatic rings. The molecule has 0 saturated heterocycles. The Morgan fingerprint density at radius 3 is 1.84 bits per heavy atom. The molecule has 7 rings (SSSR count). The predicted octanol–water partition coefficient (Wildman–Crippen LogP) is 9.41. The van der Waals surface area contributed by atoms with Gasteiger partial charge in [0.25, 0.3) is 0 Å². The zero-order valence-electron chi connectivity index (χ0n) is 26.7. The highest BCUT2D eigenvalue weighted by atomic mass is 16.5. The number of fused-ring (bicyclic) bond motifs is 3. The van der Waals surface area contributed by atoms with Crippen LogP contribution in [0.3, 0.4) is 0 Å². The molecule has 4 aromatic carbocycles. The van der Waals surface area contributed by atoms with Crippen molar-refractivity contribution in [2.45, 2.75) is 57.8 Å². The third kappa shape index (κ3) is 4.93. The number of rotatable bonds is 5. The summed E-state index contributed by atoms with van der Waals surface area (Å²) in [4.78, 5) is 5.09. The minimum atomic E-state index is -0.642. The van der Waals surface area contributed by atoms with Crippen LogP contribution in [-0.4, -0.2) is 20.0 Å². The van der Waals surface area contributed by atoms with Gasteiger partial charge < -0.3 is 4.74 Å². The van der Waals surface area contributed by atoms with Crippen LogP contribution in [0.5, 0.6) is 11.5 Å². The topological polar surface area (TPSA) is 52.8 Å². The number of pyridine rings is 1. The van der Waals surface area contributed by atoms with Crippen molar-refractivity contribution in [2.24, 2.45) is 0 Å². The molecule has 5 heteroatoms. The summed E-state index contributed by atoms with van der Waals surface area (Å²) in [5.41, 5.74) is 9.89. The van der Waals surface area contributed by atoms with Gasteiger partial charge in [-0.3, -0.25) is 4.98 Å². The SMILES string of the molecule is CC(C)(C)c1ccc2c(c1)C(c1cccc(Oc3cccc(-n4ccnn4)c3)c1)(c1ccccn1)c1cc(C(C)(C)C)ccc1-2. The number of benzene rings is 4. The molecule has 0 radical (unpaired) electrons. The summed E-state index contributed by atoms with van der Waals surface area (Å²) in [5, 5.41) is 8.09. The zero-order chi connectivity index (χ0) is 31.4. The molecule has 0 aliphatic heterocycles. The third-order valence-corrected chi connectivity index (χ3v) is 8.93. The predicted molar refractivity (Wildman–Crippen MR) is 180 cm³/mol. The van der Waals surface area contributed by atoms with Gasteiger partial charge in [-0.1, -0.05) is 107 Å². The summed E-state index contributed by atoms with van der Waals surface area (Å²) in [7, 11) is 0. The Bertz CT molecular complexity index is 1930. The smallest absolute Gasteiger partial charge is 0.129 e. The minimum absolute atomic E-state index is 0.0176. The molecule has 0 unspecified atom stereocenters. The molecule has 0 fully saturated rings. The first kappa shape index (κ1) is 28.7. The summed E-state index contributed by atoms with van der Waals surface area (Å²) in [5.74, 6) is 1.48. The van der Waals surface area contributed by atoms with E-state index in [4.69, 9.17) is 9.72 Å². The van der Waals surface area contributed by atoms with Crippen LogP contribution < -0.4 is 4.74 Å². The first-order valence-electron chi connectivity index (χ1n) is 15.5. The number of aromatic nitrogens is 4. The van der Waals surface area contributed by atoms with Crippen molar-refractivity contribution in [2.75, 3.05) is 0 Å². The molecule has 0 N–H and O–H groups in total. The van der Waals surface area contributed by atoms with Crippen molar-refractivity contribution in [1.82, 2.24) is 20.0 Å². The van der Waals surface area contributed by atoms with E-state index >= 15 is 0 Å². The van der Waals surface area contributed by atoms with E-state index in [0.29, 0.717) is 0 Å². The Labute approximate surface area is 265 Å². The third-order valence-electron chi connectivity index (χ3n) is 8.93. The number of hydrogen-bond acceptors (Lipinski definition) is 4. The average molecular weight is 591 g/mol. The molecule has 224 valence electrons. The van der Waals surface area contributed by atoms with E-state index in [1.165, 1.54) is 33.4 Å². The molecule has 45 heavy (non-hydrogen) atoms. The molecular weight excluding hydrogens is 552 g/mol. The van der Waals surface area contributed by atoms with Gasteiger partial charge in [0.1, 0.15) is 11.5 Å². The molecule has 2 heterocycles. The van der Waals surface area contributed by atoms with Crippen molar-refractivity contribution >= 4 is 0 Å². The second-order valence-electron chi connectivity index (χ2n) is 14.0. The lowest BCUT2D eigenvalue weighted by Gasteiger charge is -2.34. The molecule has 5 nitrogen and oxygen atoms in total. The molecule has 2 aromatic heterocycles. The van der Waals surface area contributed by atoms with Gasteiger partial charge in [-0.15, -0.1) is 5.10 Å². The lowest BCUT2D eigenvalue weighted by molar-refractivity contribution is 0.480. The lowest BCUT2D eigenvalue weighted by atomic mass is 9.68. The minimum Gasteiger partial charge on any atom is -0.457 e. The van der Waals surface area contributed by atoms with E-state index < -0.39 is 5.41 Å². The quantitative estimate of drug-likeness (QED) is 0.200. The maximum Gasteiger partial charge on any atom is 0.129 e. The van der Waals surface area contributed by atoms with Gasteiger partial charge >= 0.3 is 0 Å². The van der Waals surface area contributed by atoms with Crippen molar-refractivity contribution in [3.63, 3.8) is 0 Å². The van der Waals surface area contributed by atoms with E-state index in [0.717, 1.165) is 28.4 Å². The zero-order valence-corrected chi connectivity index (χ0v) is 26.7. The summed E-state index contributed by atoms with van der Waals surface area (Å²) >= 11 is 0. The van der Waals surface area contributed by atoms with Crippen molar-refractivity contribution in [3.8, 4) is 28.3 Å². The second-order valence-corrected chi connectivity index (χ2v) is 14.0. The van der Waals surface area contributed by atoms with Gasteiger partial charge in [0.05, 0.1) is 29.2 Å². The van der Waals surface area contributed by atoms with E-state index in [2.05, 4.69) is 119 Å². The van der Waals surface area contributed by atoms with Gasteiger partial charge in [0.15, 0.2) is 0 Å². The molecule has 0 amide bonds. The molecular formula is C40H38N4O. The Morgan fingerprint density at radius 2 is 1.27 bits per heavy atom. The van der Waals surface area contributed by atoms with Gasteiger partial charge in [0.2, 0.25) is 0 Å². The highest BCUT2D eigenvalue weighted by Gasteiger charge is 2.48. The van der Waals surface area contributed by atoms with Crippen LogP contribution in [0, 0.1) is 0 Å². The van der Waals surface area contributed by atoms with Crippen molar-refractivity contribution in [3.05, 3.63) is 155 Å². The van der Waals surface area contributed by atoms with E-state index in [9.17, 15) is 0 Å². The van der Waals surface area contributed by atoms with Crippen molar-refractivity contribution < 1.29 is 4.74 Å². The standard InChI is InChI=1S/C40H38N4O/c1-38(2,3)27-16-18-33-34-19-17-28(39(4,5)6)25-36(34)40(35(33)24-27,37-15-7-8-20-41-37)29-11-9-13-31(23-29)45-32-14-10-12-30(26-32)44-22-21-42-43-44/h7-26H,1-6H3. The van der Waals surface area contributed by atoms with Crippen LogP contribution in [0.1, 0.15) is 75.1 Å². The Morgan fingerprint density at radius 1 is 0.622 bits per heavy atom. The number of ether oxygens (including phenoxy) is 1. The van der Waals surface area contributed by atoms with Crippen LogP contribution in [0.2, 0.25) is 0 Å². The molecule has 0 atom stereocenters. The molecule has 0 bridgehead atoms. The summed E-state index contributed by atoms with van der Waals surface area (Å²) in [6.07, 6.45) is 5.40.